The zero-order valence-corrected chi connectivity index (χ0v) is 52.1. The molecular formula is C63H98N8O12. The highest BCUT2D eigenvalue weighted by atomic mass is 16.4. The number of rotatable bonds is 29. The molecule has 1 saturated heterocycles. The van der Waals surface area contributed by atoms with Crippen molar-refractivity contribution in [3.8, 4) is 0 Å². The third-order valence-corrected chi connectivity index (χ3v) is 18.9. The maximum Gasteiger partial charge on any atom is 0.323 e. The van der Waals surface area contributed by atoms with Gasteiger partial charge < -0.3 is 44.7 Å². The fraction of sp³-hybridized carbons (Fsp3) is 0.730. The Morgan fingerprint density at radius 1 is 0.699 bits per heavy atom. The number of carboxylic acid groups (broad SMARTS) is 1. The summed E-state index contributed by atoms with van der Waals surface area (Å²) in [6, 6.07) is 1.19. The van der Waals surface area contributed by atoms with Crippen molar-refractivity contribution in [2.24, 2.45) is 29.6 Å². The van der Waals surface area contributed by atoms with Crippen molar-refractivity contribution >= 4 is 64.8 Å². The molecule has 0 bridgehead atoms. The number of ketones is 2. The van der Waals surface area contributed by atoms with E-state index in [9.17, 15) is 57.8 Å². The Hall–Kier alpha value is -6.21. The first kappa shape index (κ1) is 67.6. The Morgan fingerprint density at radius 2 is 1.29 bits per heavy atom. The van der Waals surface area contributed by atoms with Crippen molar-refractivity contribution in [1.82, 2.24) is 39.6 Å². The molecule has 1 aliphatic heterocycles. The number of carbonyl (C=O) groups excluding carboxylic acids is 10. The van der Waals surface area contributed by atoms with Crippen LogP contribution in [0.1, 0.15) is 169 Å². The lowest BCUT2D eigenvalue weighted by Gasteiger charge is -2.45. The second-order valence-corrected chi connectivity index (χ2v) is 25.1. The Labute approximate surface area is 493 Å². The van der Waals surface area contributed by atoms with E-state index in [1.165, 1.54) is 64.5 Å². The molecule has 4 fully saturated rings. The normalized spacial score (nSPS) is 19.5. The number of carboxylic acids is 1. The van der Waals surface area contributed by atoms with E-state index in [-0.39, 0.29) is 73.6 Å². The van der Waals surface area contributed by atoms with E-state index in [1.807, 2.05) is 58.9 Å². The summed E-state index contributed by atoms with van der Waals surface area (Å²) in [6.45, 7) is 13.8. The zero-order valence-electron chi connectivity index (χ0n) is 52.1. The molecule has 0 radical (unpaired) electrons. The molecule has 1 aromatic rings. The minimum absolute atomic E-state index is 0.0889. The second kappa shape index (κ2) is 30.0. The molecule has 5 rings (SSSR count). The molecular weight excluding hydrogens is 1060 g/mol. The number of benzene rings is 1. The largest absolute Gasteiger partial charge is 0.480 e. The van der Waals surface area contributed by atoms with Gasteiger partial charge >= 0.3 is 5.97 Å². The molecule has 0 aromatic heterocycles. The van der Waals surface area contributed by atoms with Crippen molar-refractivity contribution in [1.29, 1.82) is 0 Å². The molecule has 3 aliphatic carbocycles. The highest BCUT2D eigenvalue weighted by Gasteiger charge is 2.50. The Morgan fingerprint density at radius 3 is 1.81 bits per heavy atom. The minimum Gasteiger partial charge on any atom is -0.480 e. The van der Waals surface area contributed by atoms with E-state index >= 15 is 0 Å². The topological polar surface area (TPSA) is 243 Å². The monoisotopic (exact) mass is 1160 g/mol. The van der Waals surface area contributed by atoms with Crippen LogP contribution in [0.5, 0.6) is 0 Å². The van der Waals surface area contributed by atoms with Gasteiger partial charge in [0, 0.05) is 73.0 Å². The molecule has 2 N–H and O–H groups in total. The average molecular weight is 1160 g/mol. The number of amides is 8. The molecule has 0 spiro atoms. The first-order valence-electron chi connectivity index (χ1n) is 30.7. The molecule has 8 amide bonds. The lowest BCUT2D eigenvalue weighted by molar-refractivity contribution is -0.161. The fourth-order valence-corrected chi connectivity index (χ4v) is 13.1. The van der Waals surface area contributed by atoms with Crippen LogP contribution in [-0.4, -0.2) is 201 Å². The first-order valence-corrected chi connectivity index (χ1v) is 30.7. The Bertz CT molecular complexity index is 2500. The molecule has 0 unspecified atom stereocenters. The van der Waals surface area contributed by atoms with Crippen LogP contribution in [0.15, 0.2) is 24.3 Å². The molecule has 462 valence electrons. The van der Waals surface area contributed by atoms with E-state index in [4.69, 9.17) is 0 Å². The summed E-state index contributed by atoms with van der Waals surface area (Å²) in [7, 11) is 7.45. The van der Waals surface area contributed by atoms with Gasteiger partial charge in [0.2, 0.25) is 47.3 Å². The van der Waals surface area contributed by atoms with Crippen LogP contribution < -0.4 is 5.32 Å². The molecule has 3 saturated carbocycles. The Balaban J connectivity index is 1.30. The van der Waals surface area contributed by atoms with Gasteiger partial charge in [0.05, 0.1) is 18.5 Å². The summed E-state index contributed by atoms with van der Waals surface area (Å²) < 4.78 is 0. The summed E-state index contributed by atoms with van der Waals surface area (Å²) in [5.41, 5.74) is 0.626. The summed E-state index contributed by atoms with van der Waals surface area (Å²) >= 11 is 0. The molecule has 1 aromatic carbocycles. The van der Waals surface area contributed by atoms with Crippen molar-refractivity contribution in [2.75, 3.05) is 54.9 Å². The molecule has 8 atom stereocenters. The zero-order chi connectivity index (χ0) is 61.8. The standard InChI is InChI=1S/C63H98N8O12/c1-14-41(6)47(58(79)66(10)42(7)57(78)71-33-30-48(71)60(81)70(15-2)51(59(80)65(9)38-54(75)76)35-44-28-26-40(5)27-29-44)36-52(73)50(34-39(3)4)67(11)53(74)37-49(43(8)72)68(12)61(82)55(45-22-16-17-23-45)69(13)62(83)63(31-20-21-32-63)64-56(77)46-24-18-19-25-46/h26-29,39,41-42,45-51,55H,14-25,30-38H2,1-13H3,(H,64,77)(H,75,76)/t41-,42-,47-,48-,49-,50-,51-,55-/m0/s1. The third kappa shape index (κ3) is 16.4. The SMILES string of the molecule is CC[C@H](C)[C@H](CC(=O)[C@H](CC(C)C)N(C)C(=O)C[C@@H](C(C)=O)N(C)C(=O)[C@H](C1CCCC1)N(C)C(=O)C1(NC(=O)C2CCCC2)CCCC1)C(=O)N(C)[C@@H](C)C(=O)N1CC[C@H]1C(=O)N(CC)[C@@H](Cc1ccc(C)cc1)C(=O)N(C)CC(=O)O. The number of Topliss-reactive ketones (excluding diaryl/α,β-unsaturated/α-hetero) is 2. The average Bonchev–Trinajstić information content (AvgIpc) is 3.87. The van der Waals surface area contributed by atoms with Crippen LogP contribution in [0.25, 0.3) is 0 Å². The first-order chi connectivity index (χ1) is 39.1. The van der Waals surface area contributed by atoms with Gasteiger partial charge in [-0.15, -0.1) is 0 Å². The molecule has 1 heterocycles. The quantitative estimate of drug-likeness (QED) is 0.0985. The number of aliphatic carboxylic acids is 1. The van der Waals surface area contributed by atoms with E-state index in [1.54, 1.807) is 20.9 Å². The van der Waals surface area contributed by atoms with E-state index in [0.29, 0.717) is 38.5 Å². The number of hydrogen-bond acceptors (Lipinski definition) is 11. The highest BCUT2D eigenvalue weighted by molar-refractivity contribution is 6.00. The van der Waals surface area contributed by atoms with Gasteiger partial charge in [-0.25, -0.2) is 0 Å². The van der Waals surface area contributed by atoms with Gasteiger partial charge in [0.15, 0.2) is 11.6 Å². The Kier molecular flexibility index (Phi) is 24.5. The third-order valence-electron chi connectivity index (χ3n) is 18.9. The van der Waals surface area contributed by atoms with Crippen molar-refractivity contribution in [3.63, 3.8) is 0 Å². The van der Waals surface area contributed by atoms with Gasteiger partial charge in [0.1, 0.15) is 36.3 Å². The number of aryl methyl sites for hydroxylation is 1. The van der Waals surface area contributed by atoms with Crippen molar-refractivity contribution < 1.29 is 57.8 Å². The number of nitrogens with zero attached hydrogens (tertiary/aromatic N) is 7. The van der Waals surface area contributed by atoms with Crippen LogP contribution in [0.2, 0.25) is 0 Å². The smallest absolute Gasteiger partial charge is 0.323 e. The van der Waals surface area contributed by atoms with Gasteiger partial charge in [-0.2, -0.15) is 0 Å². The molecule has 83 heavy (non-hydrogen) atoms. The summed E-state index contributed by atoms with van der Waals surface area (Å²) in [5, 5.41) is 12.7. The van der Waals surface area contributed by atoms with Crippen molar-refractivity contribution in [3.05, 3.63) is 35.4 Å². The minimum atomic E-state index is -1.23. The maximum atomic E-state index is 14.9. The van der Waals surface area contributed by atoms with Gasteiger partial charge in [-0.05, 0) is 102 Å². The number of hydrogen-bond donors (Lipinski definition) is 2. The number of nitrogens with one attached hydrogen (secondary N) is 1. The predicted molar refractivity (Wildman–Crippen MR) is 314 cm³/mol. The van der Waals surface area contributed by atoms with E-state index < -0.39 is 108 Å². The summed E-state index contributed by atoms with van der Waals surface area (Å²) in [6.07, 6.45) is 9.49. The fourth-order valence-electron chi connectivity index (χ4n) is 13.1. The summed E-state index contributed by atoms with van der Waals surface area (Å²) in [4.78, 5) is 165. The number of likely N-dealkylation sites (N-methyl/N-ethyl adjacent to an activating group) is 6. The van der Waals surface area contributed by atoms with Crippen LogP contribution in [0.4, 0.5) is 0 Å². The van der Waals surface area contributed by atoms with E-state index in [0.717, 1.165) is 67.4 Å². The van der Waals surface area contributed by atoms with Gasteiger partial charge in [-0.1, -0.05) is 102 Å². The maximum absolute atomic E-state index is 14.9. The van der Waals surface area contributed by atoms with Crippen LogP contribution in [-0.2, 0) is 59.2 Å². The van der Waals surface area contributed by atoms with Crippen LogP contribution >= 0.6 is 0 Å². The van der Waals surface area contributed by atoms with Crippen molar-refractivity contribution in [2.45, 2.75) is 213 Å². The lowest BCUT2D eigenvalue weighted by atomic mass is 9.83. The molecule has 20 heteroatoms. The van der Waals surface area contributed by atoms with Gasteiger partial charge in [-0.3, -0.25) is 52.7 Å². The molecule has 4 aliphatic rings. The van der Waals surface area contributed by atoms with Crippen LogP contribution in [0, 0.1) is 36.5 Å². The number of carbonyl (C=O) groups is 11. The predicted octanol–water partition coefficient (Wildman–Crippen LogP) is 5.68. The van der Waals surface area contributed by atoms with Gasteiger partial charge in [0.25, 0.3) is 0 Å². The highest BCUT2D eigenvalue weighted by Crippen LogP contribution is 2.38. The molecule has 20 nitrogen and oxygen atoms in total. The lowest BCUT2D eigenvalue weighted by Crippen LogP contribution is -2.65. The number of likely N-dealkylation sites (tertiary alicyclic amines) is 1. The van der Waals surface area contributed by atoms with Crippen LogP contribution in [0.3, 0.4) is 0 Å². The summed E-state index contributed by atoms with van der Waals surface area (Å²) in [5.74, 6) is -7.22. The van der Waals surface area contributed by atoms with E-state index in [2.05, 4.69) is 5.32 Å². The second-order valence-electron chi connectivity index (χ2n) is 25.1.